The molecule has 6 heteroatoms. The van der Waals surface area contributed by atoms with E-state index in [9.17, 15) is 0 Å². The Morgan fingerprint density at radius 1 is 1.25 bits per heavy atom. The highest BCUT2D eigenvalue weighted by Crippen LogP contribution is 2.22. The molecule has 0 radical (unpaired) electrons. The average molecular weight is 317 g/mol. The number of anilines is 1. The van der Waals surface area contributed by atoms with E-state index in [1.807, 2.05) is 0 Å². The largest absolute Gasteiger partial charge is 0.346 e. The predicted octanol–water partition coefficient (Wildman–Crippen LogP) is 1.99. The third-order valence-corrected chi connectivity index (χ3v) is 5.24. The molecule has 0 aliphatic carbocycles. The first kappa shape index (κ1) is 16.0. The molecule has 2 aliphatic heterocycles. The highest BCUT2D eigenvalue weighted by Gasteiger charge is 2.22. The highest BCUT2D eigenvalue weighted by atomic mass is 35.5. The molecular weight excluding hydrogens is 292 g/mol. The van der Waals surface area contributed by atoms with Crippen LogP contribution in [0.15, 0.2) is 5.38 Å². The number of halogens is 1. The lowest BCUT2D eigenvalue weighted by molar-refractivity contribution is 0.196. The summed E-state index contributed by atoms with van der Waals surface area (Å²) < 4.78 is 0. The topological polar surface area (TPSA) is 31.4 Å². The van der Waals surface area contributed by atoms with Gasteiger partial charge in [0.25, 0.3) is 0 Å². The van der Waals surface area contributed by atoms with E-state index in [0.29, 0.717) is 0 Å². The maximum atomic E-state index is 4.59. The van der Waals surface area contributed by atoms with Crippen molar-refractivity contribution in [3.8, 4) is 0 Å². The van der Waals surface area contributed by atoms with Crippen molar-refractivity contribution in [1.82, 2.24) is 15.2 Å². The van der Waals surface area contributed by atoms with E-state index >= 15 is 0 Å². The van der Waals surface area contributed by atoms with E-state index in [-0.39, 0.29) is 12.4 Å². The van der Waals surface area contributed by atoms with E-state index in [4.69, 9.17) is 0 Å². The van der Waals surface area contributed by atoms with Gasteiger partial charge < -0.3 is 10.2 Å². The Morgan fingerprint density at radius 3 is 2.55 bits per heavy atom. The molecule has 4 nitrogen and oxygen atoms in total. The molecule has 0 atom stereocenters. The summed E-state index contributed by atoms with van der Waals surface area (Å²) in [6.07, 6.45) is 2.71. The lowest BCUT2D eigenvalue weighted by Gasteiger charge is -2.37. The van der Waals surface area contributed by atoms with Crippen LogP contribution in [0.2, 0.25) is 0 Å². The van der Waals surface area contributed by atoms with Crippen LogP contribution in [0.25, 0.3) is 0 Å². The maximum Gasteiger partial charge on any atom is 0.185 e. The molecule has 0 bridgehead atoms. The van der Waals surface area contributed by atoms with Gasteiger partial charge in [-0.1, -0.05) is 0 Å². The second-order valence-corrected chi connectivity index (χ2v) is 6.59. The number of rotatable bonds is 3. The van der Waals surface area contributed by atoms with Gasteiger partial charge in [-0.15, -0.1) is 23.7 Å². The van der Waals surface area contributed by atoms with Gasteiger partial charge in [0.15, 0.2) is 5.13 Å². The van der Waals surface area contributed by atoms with Gasteiger partial charge in [0.2, 0.25) is 0 Å². The van der Waals surface area contributed by atoms with Crippen LogP contribution in [0.5, 0.6) is 0 Å². The van der Waals surface area contributed by atoms with Crippen molar-refractivity contribution in [1.29, 1.82) is 0 Å². The predicted molar refractivity (Wildman–Crippen MR) is 88.3 cm³/mol. The number of hydrogen-bond acceptors (Lipinski definition) is 5. The van der Waals surface area contributed by atoms with Crippen molar-refractivity contribution < 1.29 is 0 Å². The fourth-order valence-electron chi connectivity index (χ4n) is 3.04. The van der Waals surface area contributed by atoms with Crippen molar-refractivity contribution in [2.24, 2.45) is 5.92 Å². The fourth-order valence-corrected chi connectivity index (χ4v) is 3.89. The van der Waals surface area contributed by atoms with Crippen molar-refractivity contribution in [3.63, 3.8) is 0 Å². The van der Waals surface area contributed by atoms with Crippen LogP contribution >= 0.6 is 23.7 Å². The van der Waals surface area contributed by atoms with Crippen LogP contribution in [0.1, 0.15) is 18.5 Å². The van der Waals surface area contributed by atoms with Crippen LogP contribution < -0.4 is 10.2 Å². The quantitative estimate of drug-likeness (QED) is 0.924. The summed E-state index contributed by atoms with van der Waals surface area (Å²) in [6, 6.07) is 0. The zero-order valence-electron chi connectivity index (χ0n) is 12.2. The van der Waals surface area contributed by atoms with E-state index in [1.165, 1.54) is 50.7 Å². The summed E-state index contributed by atoms with van der Waals surface area (Å²) in [4.78, 5) is 9.68. The second-order valence-electron chi connectivity index (χ2n) is 5.75. The van der Waals surface area contributed by atoms with E-state index in [0.717, 1.165) is 24.7 Å². The molecule has 3 heterocycles. The molecule has 0 spiro atoms. The first-order valence-electron chi connectivity index (χ1n) is 7.41. The molecule has 3 rings (SSSR count). The van der Waals surface area contributed by atoms with Gasteiger partial charge in [-0.2, -0.15) is 0 Å². The molecule has 114 valence electrons. The molecule has 0 amide bonds. The second kappa shape index (κ2) is 7.59. The number of hydrogen-bond donors (Lipinski definition) is 1. The van der Waals surface area contributed by atoms with Crippen LogP contribution in [0, 0.1) is 12.8 Å². The number of aryl methyl sites for hydroxylation is 1. The van der Waals surface area contributed by atoms with Gasteiger partial charge in [-0.25, -0.2) is 4.98 Å². The van der Waals surface area contributed by atoms with Crippen LogP contribution in [-0.2, 0) is 0 Å². The Balaban J connectivity index is 0.00000147. The van der Waals surface area contributed by atoms with Gasteiger partial charge >= 0.3 is 0 Å². The molecule has 0 aromatic carbocycles. The molecule has 2 saturated heterocycles. The normalized spacial score (nSPS) is 21.8. The first-order chi connectivity index (χ1) is 9.31. The van der Waals surface area contributed by atoms with Crippen LogP contribution in [0.3, 0.4) is 0 Å². The molecular formula is C14H25ClN4S. The van der Waals surface area contributed by atoms with Crippen molar-refractivity contribution in [2.45, 2.75) is 19.8 Å². The fraction of sp³-hybridized carbons (Fsp3) is 0.786. The minimum Gasteiger partial charge on any atom is -0.346 e. The van der Waals surface area contributed by atoms with Crippen molar-refractivity contribution >= 4 is 28.9 Å². The number of nitrogens with one attached hydrogen (secondary N) is 1. The van der Waals surface area contributed by atoms with Gasteiger partial charge in [-0.05, 0) is 38.8 Å². The molecule has 0 unspecified atom stereocenters. The standard InChI is InChI=1S/C14H24N4S.ClH/c1-12-11-19-14(16-12)18-8-6-17(7-9-18)10-13-2-4-15-5-3-13;/h11,13,15H,2-10H2,1H3;1H. The molecule has 1 aromatic heterocycles. The van der Waals surface area contributed by atoms with E-state index < -0.39 is 0 Å². The summed E-state index contributed by atoms with van der Waals surface area (Å²) >= 11 is 1.78. The molecule has 20 heavy (non-hydrogen) atoms. The first-order valence-corrected chi connectivity index (χ1v) is 8.29. The minimum atomic E-state index is 0. The SMILES string of the molecule is Cc1csc(N2CCN(CC3CCNCC3)CC2)n1.Cl. The molecule has 1 aromatic rings. The van der Waals surface area contributed by atoms with E-state index in [2.05, 4.69) is 32.4 Å². The van der Waals surface area contributed by atoms with Crippen molar-refractivity contribution in [2.75, 3.05) is 50.7 Å². The average Bonchev–Trinajstić information content (AvgIpc) is 2.87. The maximum absolute atomic E-state index is 4.59. The lowest BCUT2D eigenvalue weighted by Crippen LogP contribution is -2.48. The summed E-state index contributed by atoms with van der Waals surface area (Å²) in [5, 5.41) is 6.81. The van der Waals surface area contributed by atoms with Crippen LogP contribution in [-0.4, -0.2) is 55.7 Å². The van der Waals surface area contributed by atoms with Crippen molar-refractivity contribution in [3.05, 3.63) is 11.1 Å². The summed E-state index contributed by atoms with van der Waals surface area (Å²) in [5.41, 5.74) is 1.15. The zero-order chi connectivity index (χ0) is 13.1. The van der Waals surface area contributed by atoms with Gasteiger partial charge in [0.1, 0.15) is 0 Å². The number of thiazole rings is 1. The summed E-state index contributed by atoms with van der Waals surface area (Å²) in [5.74, 6) is 0.912. The number of piperazine rings is 1. The number of nitrogens with zero attached hydrogens (tertiary/aromatic N) is 3. The molecule has 2 aliphatic rings. The molecule has 0 saturated carbocycles. The Kier molecular flexibility index (Phi) is 6.08. The highest BCUT2D eigenvalue weighted by molar-refractivity contribution is 7.13. The summed E-state index contributed by atoms with van der Waals surface area (Å²) in [6.45, 7) is 10.5. The molecule has 2 fully saturated rings. The molecule has 1 N–H and O–H groups in total. The summed E-state index contributed by atoms with van der Waals surface area (Å²) in [7, 11) is 0. The number of aromatic nitrogens is 1. The Morgan fingerprint density at radius 2 is 1.95 bits per heavy atom. The smallest absolute Gasteiger partial charge is 0.185 e. The van der Waals surface area contributed by atoms with Gasteiger partial charge in [-0.3, -0.25) is 4.90 Å². The minimum absolute atomic E-state index is 0. The monoisotopic (exact) mass is 316 g/mol. The lowest BCUT2D eigenvalue weighted by atomic mass is 9.97. The van der Waals surface area contributed by atoms with Gasteiger partial charge in [0, 0.05) is 38.1 Å². The Hall–Kier alpha value is -0.360. The Labute approximate surface area is 132 Å². The zero-order valence-corrected chi connectivity index (χ0v) is 13.8. The third-order valence-electron chi connectivity index (χ3n) is 4.22. The van der Waals surface area contributed by atoms with Gasteiger partial charge in [0.05, 0.1) is 5.69 Å². The van der Waals surface area contributed by atoms with Crippen LogP contribution in [0.4, 0.5) is 5.13 Å². The number of piperidine rings is 1. The van der Waals surface area contributed by atoms with E-state index in [1.54, 1.807) is 11.3 Å². The third kappa shape index (κ3) is 4.07. The Bertz CT molecular complexity index is 398.